The highest BCUT2D eigenvalue weighted by molar-refractivity contribution is 5.43. The number of nitrogens with zero attached hydrogens (tertiary/aromatic N) is 4. The van der Waals surface area contributed by atoms with Crippen LogP contribution in [-0.4, -0.2) is 52.6 Å². The summed E-state index contributed by atoms with van der Waals surface area (Å²) in [5, 5.41) is 13.9. The fourth-order valence-corrected chi connectivity index (χ4v) is 2.08. The highest BCUT2D eigenvalue weighted by atomic mass is 16.6. The van der Waals surface area contributed by atoms with Gasteiger partial charge in [-0.25, -0.2) is 4.98 Å². The maximum atomic E-state index is 11.0. The Morgan fingerprint density at radius 1 is 1.55 bits per heavy atom. The van der Waals surface area contributed by atoms with Gasteiger partial charge in [0.1, 0.15) is 12.3 Å². The second-order valence-corrected chi connectivity index (χ2v) is 4.79. The summed E-state index contributed by atoms with van der Waals surface area (Å²) in [7, 11) is 2.05. The van der Waals surface area contributed by atoms with Crippen LogP contribution in [0.3, 0.4) is 0 Å². The molecule has 1 aliphatic heterocycles. The maximum absolute atomic E-state index is 11.0. The summed E-state index contributed by atoms with van der Waals surface area (Å²) in [6, 6.07) is 0. The van der Waals surface area contributed by atoms with Crippen molar-refractivity contribution in [3.63, 3.8) is 0 Å². The van der Waals surface area contributed by atoms with Crippen molar-refractivity contribution in [3.8, 4) is 5.88 Å². The van der Waals surface area contributed by atoms with Crippen LogP contribution in [0.1, 0.15) is 19.8 Å². The van der Waals surface area contributed by atoms with E-state index in [1.807, 2.05) is 14.0 Å². The minimum Gasteiger partial charge on any atom is -0.469 e. The van der Waals surface area contributed by atoms with Crippen LogP contribution in [0, 0.1) is 10.1 Å². The van der Waals surface area contributed by atoms with Gasteiger partial charge in [-0.1, -0.05) is 0 Å². The minimum atomic E-state index is -0.514. The zero-order valence-corrected chi connectivity index (χ0v) is 11.7. The van der Waals surface area contributed by atoms with E-state index in [0.29, 0.717) is 12.5 Å². The molecule has 0 atom stereocenters. The first-order valence-corrected chi connectivity index (χ1v) is 6.70. The van der Waals surface area contributed by atoms with E-state index in [-0.39, 0.29) is 17.7 Å². The molecule has 0 aliphatic carbocycles. The molecule has 1 aromatic rings. The van der Waals surface area contributed by atoms with Gasteiger partial charge in [-0.2, -0.15) is 4.98 Å². The molecule has 0 spiro atoms. The second kappa shape index (κ2) is 6.47. The summed E-state index contributed by atoms with van der Waals surface area (Å²) in [4.78, 5) is 20.7. The van der Waals surface area contributed by atoms with Gasteiger partial charge in [0, 0.05) is 19.6 Å². The molecule has 2 rings (SSSR count). The maximum Gasteiger partial charge on any atom is 0.349 e. The molecule has 1 N–H and O–H groups in total. The van der Waals surface area contributed by atoms with Gasteiger partial charge in [0.2, 0.25) is 5.95 Å². The summed E-state index contributed by atoms with van der Waals surface area (Å²) in [6.45, 7) is 4.39. The standard InChI is InChI=1S/C12H19N5O3/c1-3-13-12-14-8-10(17(18)19)11(15-12)20-9-4-6-16(2)7-5-9/h8-9H,3-7H2,1-2H3,(H,13,14,15). The normalized spacial score (nSPS) is 16.9. The van der Waals surface area contributed by atoms with Crippen molar-refractivity contribution in [1.29, 1.82) is 0 Å². The van der Waals surface area contributed by atoms with E-state index < -0.39 is 4.92 Å². The Bertz CT molecular complexity index is 474. The number of anilines is 1. The van der Waals surface area contributed by atoms with Gasteiger partial charge >= 0.3 is 5.69 Å². The van der Waals surface area contributed by atoms with Crippen molar-refractivity contribution < 1.29 is 9.66 Å². The van der Waals surface area contributed by atoms with Crippen LogP contribution < -0.4 is 10.1 Å². The smallest absolute Gasteiger partial charge is 0.349 e. The molecular weight excluding hydrogens is 262 g/mol. The number of nitro groups is 1. The molecule has 8 nitrogen and oxygen atoms in total. The third-order valence-corrected chi connectivity index (χ3v) is 3.21. The summed E-state index contributed by atoms with van der Waals surface area (Å²) >= 11 is 0. The van der Waals surface area contributed by atoms with Crippen molar-refractivity contribution >= 4 is 11.6 Å². The van der Waals surface area contributed by atoms with Crippen LogP contribution in [-0.2, 0) is 0 Å². The summed E-state index contributed by atoms with van der Waals surface area (Å²) in [5.74, 6) is 0.400. The Morgan fingerprint density at radius 3 is 2.85 bits per heavy atom. The average molecular weight is 281 g/mol. The van der Waals surface area contributed by atoms with Gasteiger partial charge < -0.3 is 15.0 Å². The van der Waals surface area contributed by atoms with Crippen LogP contribution in [0.4, 0.5) is 11.6 Å². The van der Waals surface area contributed by atoms with E-state index in [4.69, 9.17) is 4.74 Å². The fourth-order valence-electron chi connectivity index (χ4n) is 2.08. The zero-order valence-electron chi connectivity index (χ0n) is 11.7. The molecule has 8 heteroatoms. The fraction of sp³-hybridized carbons (Fsp3) is 0.667. The van der Waals surface area contributed by atoms with Crippen molar-refractivity contribution in [1.82, 2.24) is 14.9 Å². The Morgan fingerprint density at radius 2 is 2.25 bits per heavy atom. The third kappa shape index (κ3) is 3.53. The Kier molecular flexibility index (Phi) is 4.67. The zero-order chi connectivity index (χ0) is 14.5. The van der Waals surface area contributed by atoms with Crippen LogP contribution in [0.2, 0.25) is 0 Å². The number of aromatic nitrogens is 2. The van der Waals surface area contributed by atoms with E-state index in [9.17, 15) is 10.1 Å². The monoisotopic (exact) mass is 281 g/mol. The molecule has 0 amide bonds. The van der Waals surface area contributed by atoms with E-state index in [1.54, 1.807) is 0 Å². The first-order valence-electron chi connectivity index (χ1n) is 6.70. The molecule has 1 fully saturated rings. The Labute approximate surface area is 117 Å². The quantitative estimate of drug-likeness (QED) is 0.642. The number of hydrogen-bond donors (Lipinski definition) is 1. The van der Waals surface area contributed by atoms with Crippen molar-refractivity contribution in [2.24, 2.45) is 0 Å². The molecule has 0 aromatic carbocycles. The highest BCUT2D eigenvalue weighted by Crippen LogP contribution is 2.27. The van der Waals surface area contributed by atoms with E-state index in [2.05, 4.69) is 20.2 Å². The number of likely N-dealkylation sites (tertiary alicyclic amines) is 1. The largest absolute Gasteiger partial charge is 0.469 e. The van der Waals surface area contributed by atoms with Crippen molar-refractivity contribution in [2.45, 2.75) is 25.9 Å². The molecule has 0 bridgehead atoms. The molecule has 1 saturated heterocycles. The molecule has 110 valence electrons. The van der Waals surface area contributed by atoms with E-state index >= 15 is 0 Å². The molecule has 1 aromatic heterocycles. The highest BCUT2D eigenvalue weighted by Gasteiger charge is 2.24. The topological polar surface area (TPSA) is 93.4 Å². The molecule has 0 radical (unpaired) electrons. The lowest BCUT2D eigenvalue weighted by Gasteiger charge is -2.28. The molecule has 2 heterocycles. The number of rotatable bonds is 5. The number of nitrogens with one attached hydrogen (secondary N) is 1. The third-order valence-electron chi connectivity index (χ3n) is 3.21. The van der Waals surface area contributed by atoms with E-state index in [1.165, 1.54) is 6.20 Å². The van der Waals surface area contributed by atoms with Gasteiger partial charge in [0.15, 0.2) is 0 Å². The molecular formula is C12H19N5O3. The van der Waals surface area contributed by atoms with E-state index in [0.717, 1.165) is 25.9 Å². The lowest BCUT2D eigenvalue weighted by Crippen LogP contribution is -2.35. The predicted octanol–water partition coefficient (Wildman–Crippen LogP) is 1.29. The second-order valence-electron chi connectivity index (χ2n) is 4.79. The SMILES string of the molecule is CCNc1ncc([N+](=O)[O-])c(OC2CCN(C)CC2)n1. The van der Waals surface area contributed by atoms with Crippen LogP contribution in [0.5, 0.6) is 5.88 Å². The minimum absolute atomic E-state index is 0.0331. The molecule has 20 heavy (non-hydrogen) atoms. The van der Waals surface area contributed by atoms with Crippen LogP contribution in [0.15, 0.2) is 6.20 Å². The summed E-state index contributed by atoms with van der Waals surface area (Å²) in [6.07, 6.45) is 2.84. The Hall–Kier alpha value is -1.96. The van der Waals surface area contributed by atoms with Crippen LogP contribution in [0.25, 0.3) is 0 Å². The van der Waals surface area contributed by atoms with Gasteiger partial charge in [-0.3, -0.25) is 10.1 Å². The first kappa shape index (κ1) is 14.4. The number of ether oxygens (including phenoxy) is 1. The van der Waals surface area contributed by atoms with Gasteiger partial charge in [-0.15, -0.1) is 0 Å². The van der Waals surface area contributed by atoms with Gasteiger partial charge in [0.25, 0.3) is 5.88 Å². The first-order chi connectivity index (χ1) is 9.60. The predicted molar refractivity (Wildman–Crippen MR) is 74.0 cm³/mol. The summed E-state index contributed by atoms with van der Waals surface area (Å²) < 4.78 is 5.72. The lowest BCUT2D eigenvalue weighted by atomic mass is 10.1. The van der Waals surface area contributed by atoms with Crippen LogP contribution >= 0.6 is 0 Å². The van der Waals surface area contributed by atoms with Crippen molar-refractivity contribution in [2.75, 3.05) is 32.0 Å². The van der Waals surface area contributed by atoms with Crippen molar-refractivity contribution in [3.05, 3.63) is 16.3 Å². The van der Waals surface area contributed by atoms with Gasteiger partial charge in [-0.05, 0) is 26.8 Å². The molecule has 0 saturated carbocycles. The summed E-state index contributed by atoms with van der Waals surface area (Å²) in [5.41, 5.74) is -0.189. The lowest BCUT2D eigenvalue weighted by molar-refractivity contribution is -0.386. The Balaban J connectivity index is 2.14. The number of piperidine rings is 1. The average Bonchev–Trinajstić information content (AvgIpc) is 2.42. The van der Waals surface area contributed by atoms with Gasteiger partial charge in [0.05, 0.1) is 4.92 Å². The molecule has 1 aliphatic rings. The number of hydrogen-bond acceptors (Lipinski definition) is 7. The molecule has 0 unspecified atom stereocenters.